The van der Waals surface area contributed by atoms with E-state index in [9.17, 15) is 9.59 Å². The molecule has 0 bridgehead atoms. The Hall–Kier alpha value is -1.82. The SMILES string of the molecule is CC1CN(C(=O)c2cc3cccc(Br)c3o2)CC1C(=O)O. The molecule has 1 aliphatic heterocycles. The van der Waals surface area contributed by atoms with Crippen molar-refractivity contribution in [3.8, 4) is 0 Å². The predicted molar refractivity (Wildman–Crippen MR) is 80.1 cm³/mol. The number of carboxylic acids is 1. The molecule has 2 heterocycles. The largest absolute Gasteiger partial charge is 0.481 e. The Balaban J connectivity index is 1.88. The molecule has 6 heteroatoms. The Morgan fingerprint density at radius 2 is 2.14 bits per heavy atom. The number of likely N-dealkylation sites (tertiary alicyclic amines) is 1. The smallest absolute Gasteiger partial charge is 0.308 e. The summed E-state index contributed by atoms with van der Waals surface area (Å²) in [7, 11) is 0. The zero-order valence-electron chi connectivity index (χ0n) is 11.4. The summed E-state index contributed by atoms with van der Waals surface area (Å²) in [6.07, 6.45) is 0. The molecule has 5 nitrogen and oxygen atoms in total. The summed E-state index contributed by atoms with van der Waals surface area (Å²) in [5.41, 5.74) is 0.628. The van der Waals surface area contributed by atoms with Crippen LogP contribution in [0.2, 0.25) is 0 Å². The van der Waals surface area contributed by atoms with Crippen LogP contribution in [0, 0.1) is 11.8 Å². The first-order valence-corrected chi connectivity index (χ1v) is 7.47. The zero-order chi connectivity index (χ0) is 15.1. The maximum absolute atomic E-state index is 12.5. The first-order valence-electron chi connectivity index (χ1n) is 6.67. The van der Waals surface area contributed by atoms with Gasteiger partial charge in [0.15, 0.2) is 5.76 Å². The monoisotopic (exact) mass is 351 g/mol. The number of fused-ring (bicyclic) bond motifs is 1. The standard InChI is InChI=1S/C15H14BrNO4/c1-8-6-17(7-10(8)15(19)20)14(18)12-5-9-3-2-4-11(16)13(9)21-12/h2-5,8,10H,6-7H2,1H3,(H,19,20). The van der Waals surface area contributed by atoms with Crippen LogP contribution in [0.3, 0.4) is 0 Å². The lowest BCUT2D eigenvalue weighted by Crippen LogP contribution is -2.29. The molecule has 0 spiro atoms. The van der Waals surface area contributed by atoms with Crippen molar-refractivity contribution < 1.29 is 19.1 Å². The van der Waals surface area contributed by atoms with Gasteiger partial charge in [-0.2, -0.15) is 0 Å². The predicted octanol–water partition coefficient (Wildman–Crippen LogP) is 2.99. The lowest BCUT2D eigenvalue weighted by Gasteiger charge is -2.13. The summed E-state index contributed by atoms with van der Waals surface area (Å²) >= 11 is 3.38. The van der Waals surface area contributed by atoms with E-state index < -0.39 is 11.9 Å². The molecule has 1 amide bonds. The first kappa shape index (κ1) is 14.1. The quantitative estimate of drug-likeness (QED) is 0.902. The van der Waals surface area contributed by atoms with Crippen LogP contribution in [0.1, 0.15) is 17.5 Å². The number of rotatable bonds is 2. The Kier molecular flexibility index (Phi) is 3.49. The van der Waals surface area contributed by atoms with Crippen LogP contribution < -0.4 is 0 Å². The van der Waals surface area contributed by atoms with Gasteiger partial charge in [-0.3, -0.25) is 9.59 Å². The van der Waals surface area contributed by atoms with Gasteiger partial charge < -0.3 is 14.4 Å². The van der Waals surface area contributed by atoms with Crippen molar-refractivity contribution in [2.45, 2.75) is 6.92 Å². The van der Waals surface area contributed by atoms with Crippen LogP contribution in [0.15, 0.2) is 33.2 Å². The highest BCUT2D eigenvalue weighted by Crippen LogP contribution is 2.29. The average Bonchev–Trinajstić information content (AvgIpc) is 3.02. The highest BCUT2D eigenvalue weighted by atomic mass is 79.9. The number of carboxylic acid groups (broad SMARTS) is 1. The Labute approximate surface area is 129 Å². The van der Waals surface area contributed by atoms with Gasteiger partial charge >= 0.3 is 5.97 Å². The van der Waals surface area contributed by atoms with Crippen molar-refractivity contribution in [3.63, 3.8) is 0 Å². The van der Waals surface area contributed by atoms with Crippen molar-refractivity contribution in [2.75, 3.05) is 13.1 Å². The zero-order valence-corrected chi connectivity index (χ0v) is 13.0. The molecule has 21 heavy (non-hydrogen) atoms. The molecule has 2 aromatic rings. The van der Waals surface area contributed by atoms with Gasteiger partial charge in [0.25, 0.3) is 5.91 Å². The van der Waals surface area contributed by atoms with Gasteiger partial charge in [-0.1, -0.05) is 19.1 Å². The molecular weight excluding hydrogens is 338 g/mol. The number of carbonyl (C=O) groups is 2. The second kappa shape index (κ2) is 5.18. The molecule has 1 fully saturated rings. The summed E-state index contributed by atoms with van der Waals surface area (Å²) in [6.45, 7) is 2.52. The van der Waals surface area contributed by atoms with Gasteiger partial charge in [-0.05, 0) is 34.0 Å². The molecular formula is C15H14BrNO4. The second-order valence-corrected chi connectivity index (χ2v) is 6.26. The number of para-hydroxylation sites is 1. The summed E-state index contributed by atoms with van der Waals surface area (Å²) in [4.78, 5) is 25.2. The van der Waals surface area contributed by atoms with E-state index in [-0.39, 0.29) is 24.1 Å². The molecule has 1 aromatic carbocycles. The summed E-state index contributed by atoms with van der Waals surface area (Å²) in [6, 6.07) is 7.28. The van der Waals surface area contributed by atoms with Gasteiger partial charge in [0, 0.05) is 18.5 Å². The topological polar surface area (TPSA) is 70.8 Å². The number of carbonyl (C=O) groups excluding carboxylic acids is 1. The summed E-state index contributed by atoms with van der Waals surface area (Å²) in [5.74, 6) is -1.43. The van der Waals surface area contributed by atoms with Crippen LogP contribution >= 0.6 is 15.9 Å². The minimum atomic E-state index is -0.856. The third kappa shape index (κ3) is 2.44. The van der Waals surface area contributed by atoms with Crippen molar-refractivity contribution >= 4 is 38.8 Å². The van der Waals surface area contributed by atoms with Crippen LogP contribution in [-0.4, -0.2) is 35.0 Å². The van der Waals surface area contributed by atoms with Crippen molar-refractivity contribution in [3.05, 3.63) is 34.5 Å². The molecule has 0 aliphatic carbocycles. The fourth-order valence-corrected chi connectivity index (χ4v) is 3.21. The molecule has 1 N–H and O–H groups in total. The number of nitrogens with zero attached hydrogens (tertiary/aromatic N) is 1. The lowest BCUT2D eigenvalue weighted by atomic mass is 9.99. The molecule has 0 saturated carbocycles. The normalized spacial score (nSPS) is 21.9. The number of halogens is 1. The number of furan rings is 1. The summed E-state index contributed by atoms with van der Waals surface area (Å²) < 4.78 is 6.41. The minimum absolute atomic E-state index is 0.0532. The van der Waals surface area contributed by atoms with Crippen molar-refractivity contribution in [1.29, 1.82) is 0 Å². The Morgan fingerprint density at radius 1 is 1.38 bits per heavy atom. The molecule has 1 aliphatic rings. The minimum Gasteiger partial charge on any atom is -0.481 e. The van der Waals surface area contributed by atoms with Crippen LogP contribution in [-0.2, 0) is 4.79 Å². The van der Waals surface area contributed by atoms with Gasteiger partial charge in [-0.15, -0.1) is 0 Å². The number of hydrogen-bond acceptors (Lipinski definition) is 3. The number of hydrogen-bond donors (Lipinski definition) is 1. The third-order valence-electron chi connectivity index (χ3n) is 3.92. The van der Waals surface area contributed by atoms with Crippen LogP contribution in [0.5, 0.6) is 0 Å². The fourth-order valence-electron chi connectivity index (χ4n) is 2.74. The van der Waals surface area contributed by atoms with Gasteiger partial charge in [-0.25, -0.2) is 0 Å². The Morgan fingerprint density at radius 3 is 2.76 bits per heavy atom. The maximum Gasteiger partial charge on any atom is 0.308 e. The van der Waals surface area contributed by atoms with Gasteiger partial charge in [0.05, 0.1) is 10.4 Å². The number of aliphatic carboxylic acids is 1. The number of benzene rings is 1. The van der Waals surface area contributed by atoms with E-state index in [0.29, 0.717) is 12.1 Å². The van der Waals surface area contributed by atoms with Crippen LogP contribution in [0.25, 0.3) is 11.0 Å². The number of amides is 1. The van der Waals surface area contributed by atoms with E-state index in [0.717, 1.165) is 9.86 Å². The third-order valence-corrected chi connectivity index (χ3v) is 4.55. The summed E-state index contributed by atoms with van der Waals surface area (Å²) in [5, 5.41) is 9.98. The lowest BCUT2D eigenvalue weighted by molar-refractivity contribution is -0.142. The Bertz CT molecular complexity index is 724. The highest BCUT2D eigenvalue weighted by Gasteiger charge is 2.38. The average molecular weight is 352 g/mol. The first-order chi connectivity index (χ1) is 9.97. The van der Waals surface area contributed by atoms with E-state index in [1.807, 2.05) is 25.1 Å². The molecule has 2 atom stereocenters. The van der Waals surface area contributed by atoms with Crippen LogP contribution in [0.4, 0.5) is 0 Å². The molecule has 3 rings (SSSR count). The molecule has 1 aromatic heterocycles. The second-order valence-electron chi connectivity index (χ2n) is 5.40. The van der Waals surface area contributed by atoms with E-state index in [1.54, 1.807) is 11.0 Å². The molecule has 0 radical (unpaired) electrons. The van der Waals surface area contributed by atoms with Crippen molar-refractivity contribution in [1.82, 2.24) is 4.90 Å². The van der Waals surface area contributed by atoms with Gasteiger partial charge in [0.1, 0.15) is 5.58 Å². The van der Waals surface area contributed by atoms with E-state index in [1.165, 1.54) is 0 Å². The molecule has 1 saturated heterocycles. The van der Waals surface area contributed by atoms with E-state index in [4.69, 9.17) is 9.52 Å². The van der Waals surface area contributed by atoms with E-state index in [2.05, 4.69) is 15.9 Å². The van der Waals surface area contributed by atoms with Crippen molar-refractivity contribution in [2.24, 2.45) is 11.8 Å². The fraction of sp³-hybridized carbons (Fsp3) is 0.333. The molecule has 2 unspecified atom stereocenters. The highest BCUT2D eigenvalue weighted by molar-refractivity contribution is 9.10. The van der Waals surface area contributed by atoms with E-state index >= 15 is 0 Å². The molecule has 110 valence electrons. The maximum atomic E-state index is 12.5. The van der Waals surface area contributed by atoms with Gasteiger partial charge in [0.2, 0.25) is 0 Å².